The van der Waals surface area contributed by atoms with Crippen molar-refractivity contribution in [2.45, 2.75) is 12.5 Å². The molecule has 2 aromatic rings. The highest BCUT2D eigenvalue weighted by Gasteiger charge is 2.23. The van der Waals surface area contributed by atoms with Crippen LogP contribution in [0.2, 0.25) is 0 Å². The number of benzodiazepines with no additional fused rings is 1. The van der Waals surface area contributed by atoms with Crippen molar-refractivity contribution in [3.8, 4) is 0 Å². The van der Waals surface area contributed by atoms with E-state index in [9.17, 15) is 0 Å². The first kappa shape index (κ1) is 15.5. The first-order valence-corrected chi connectivity index (χ1v) is 8.61. The van der Waals surface area contributed by atoms with Gasteiger partial charge in [0.25, 0.3) is 0 Å². The minimum atomic E-state index is 0.352. The molecule has 3 rings (SSSR count). The van der Waals surface area contributed by atoms with Gasteiger partial charge in [-0.2, -0.15) is 0 Å². The fourth-order valence-electron chi connectivity index (χ4n) is 2.93. The first-order chi connectivity index (χ1) is 10.7. The Morgan fingerprint density at radius 2 is 2.00 bits per heavy atom. The fourth-order valence-corrected chi connectivity index (χ4v) is 3.42. The van der Waals surface area contributed by atoms with Gasteiger partial charge in [0.05, 0.1) is 12.3 Å². The smallest absolute Gasteiger partial charge is 0.0741 e. The summed E-state index contributed by atoms with van der Waals surface area (Å²) in [7, 11) is 2.15. The van der Waals surface area contributed by atoms with Crippen molar-refractivity contribution in [2.24, 2.45) is 10.7 Å². The van der Waals surface area contributed by atoms with Crippen LogP contribution in [0.15, 0.2) is 53.5 Å². The number of aliphatic imine (C=N–C) groups is 1. The molecule has 0 spiro atoms. The number of hydrogen-bond acceptors (Lipinski definition) is 3. The van der Waals surface area contributed by atoms with Crippen molar-refractivity contribution in [3.05, 3.63) is 63.2 Å². The summed E-state index contributed by atoms with van der Waals surface area (Å²) in [4.78, 5) is 7.27. The molecule has 0 saturated carbocycles. The summed E-state index contributed by atoms with van der Waals surface area (Å²) in [6.07, 6.45) is 0.952. The lowest BCUT2D eigenvalue weighted by atomic mass is 10.0. The van der Waals surface area contributed by atoms with Gasteiger partial charge in [0.2, 0.25) is 0 Å². The third kappa shape index (κ3) is 3.03. The predicted octanol–water partition coefficient (Wildman–Crippen LogP) is 3.30. The molecule has 22 heavy (non-hydrogen) atoms. The van der Waals surface area contributed by atoms with Crippen LogP contribution in [0, 0.1) is 3.57 Å². The van der Waals surface area contributed by atoms with Crippen LogP contribution in [-0.4, -0.2) is 31.9 Å². The molecule has 0 aromatic heterocycles. The SMILES string of the molecule is CN1c2ccc(I)cc2C(c2ccccc2)=NCC1CCN. The van der Waals surface area contributed by atoms with Gasteiger partial charge in [0.15, 0.2) is 0 Å². The molecular formula is C18H20IN3. The normalized spacial score (nSPS) is 17.7. The van der Waals surface area contributed by atoms with Gasteiger partial charge in [-0.25, -0.2) is 0 Å². The monoisotopic (exact) mass is 405 g/mol. The maximum Gasteiger partial charge on any atom is 0.0741 e. The summed E-state index contributed by atoms with van der Waals surface area (Å²) in [5.41, 5.74) is 10.5. The summed E-state index contributed by atoms with van der Waals surface area (Å²) in [6.45, 7) is 1.47. The van der Waals surface area contributed by atoms with E-state index in [2.05, 4.69) is 77.0 Å². The Balaban J connectivity index is 2.14. The third-order valence-corrected chi connectivity index (χ3v) is 4.82. The second-order valence-electron chi connectivity index (χ2n) is 5.56. The number of nitrogens with two attached hydrogens (primary N) is 1. The van der Waals surface area contributed by atoms with Crippen LogP contribution in [-0.2, 0) is 0 Å². The van der Waals surface area contributed by atoms with Crippen LogP contribution in [0.25, 0.3) is 0 Å². The molecular weight excluding hydrogens is 385 g/mol. The molecule has 0 radical (unpaired) electrons. The van der Waals surface area contributed by atoms with Crippen molar-refractivity contribution in [2.75, 3.05) is 25.0 Å². The first-order valence-electron chi connectivity index (χ1n) is 7.53. The summed E-state index contributed by atoms with van der Waals surface area (Å²) >= 11 is 2.36. The predicted molar refractivity (Wildman–Crippen MR) is 102 cm³/mol. The Morgan fingerprint density at radius 3 is 2.73 bits per heavy atom. The molecule has 0 bridgehead atoms. The van der Waals surface area contributed by atoms with E-state index >= 15 is 0 Å². The summed E-state index contributed by atoms with van der Waals surface area (Å²) < 4.78 is 1.23. The zero-order valence-corrected chi connectivity index (χ0v) is 14.8. The highest BCUT2D eigenvalue weighted by molar-refractivity contribution is 14.1. The lowest BCUT2D eigenvalue weighted by Gasteiger charge is -2.28. The van der Waals surface area contributed by atoms with E-state index in [1.54, 1.807) is 0 Å². The second kappa shape index (κ2) is 6.79. The minimum Gasteiger partial charge on any atom is -0.369 e. The van der Waals surface area contributed by atoms with Crippen LogP contribution < -0.4 is 10.6 Å². The highest BCUT2D eigenvalue weighted by atomic mass is 127. The molecule has 114 valence electrons. The molecule has 4 heteroatoms. The molecule has 1 unspecified atom stereocenters. The standard InChI is InChI=1S/C18H20IN3/c1-22-15(9-10-20)12-21-18(13-5-3-2-4-6-13)16-11-14(19)7-8-17(16)22/h2-8,11,15H,9-10,12,20H2,1H3. The molecule has 0 fully saturated rings. The number of rotatable bonds is 3. The van der Waals surface area contributed by atoms with Gasteiger partial charge in [-0.05, 0) is 53.8 Å². The Bertz CT molecular complexity index is 682. The average Bonchev–Trinajstić information content (AvgIpc) is 2.66. The number of benzene rings is 2. The zero-order valence-electron chi connectivity index (χ0n) is 12.7. The Kier molecular flexibility index (Phi) is 4.78. The van der Waals surface area contributed by atoms with Crippen LogP contribution in [0.5, 0.6) is 0 Å². The van der Waals surface area contributed by atoms with Crippen molar-refractivity contribution in [3.63, 3.8) is 0 Å². The van der Waals surface area contributed by atoms with Gasteiger partial charge in [-0.1, -0.05) is 30.3 Å². The Hall–Kier alpha value is -1.40. The van der Waals surface area contributed by atoms with E-state index in [1.807, 2.05) is 6.07 Å². The maximum atomic E-state index is 5.79. The molecule has 2 N–H and O–H groups in total. The minimum absolute atomic E-state index is 0.352. The molecule has 1 aliphatic heterocycles. The number of hydrogen-bond donors (Lipinski definition) is 1. The van der Waals surface area contributed by atoms with E-state index in [1.165, 1.54) is 20.4 Å². The quantitative estimate of drug-likeness (QED) is 0.797. The number of fused-ring (bicyclic) bond motifs is 1. The van der Waals surface area contributed by atoms with Crippen molar-refractivity contribution in [1.29, 1.82) is 0 Å². The van der Waals surface area contributed by atoms with Crippen LogP contribution in [0.1, 0.15) is 17.5 Å². The Labute approximate surface area is 145 Å². The largest absolute Gasteiger partial charge is 0.369 e. The number of anilines is 1. The maximum absolute atomic E-state index is 5.79. The molecule has 2 aromatic carbocycles. The number of likely N-dealkylation sites (N-methyl/N-ethyl adjacent to an activating group) is 1. The summed E-state index contributed by atoms with van der Waals surface area (Å²) in [5.74, 6) is 0. The molecule has 1 aliphatic rings. The average molecular weight is 405 g/mol. The van der Waals surface area contributed by atoms with Gasteiger partial charge in [-0.3, -0.25) is 4.99 Å². The lowest BCUT2D eigenvalue weighted by Crippen LogP contribution is -2.35. The number of halogens is 1. The molecule has 3 nitrogen and oxygen atoms in total. The van der Waals surface area contributed by atoms with Crippen LogP contribution in [0.4, 0.5) is 5.69 Å². The van der Waals surface area contributed by atoms with Gasteiger partial charge >= 0.3 is 0 Å². The van der Waals surface area contributed by atoms with Crippen molar-refractivity contribution >= 4 is 34.0 Å². The van der Waals surface area contributed by atoms with Crippen molar-refractivity contribution < 1.29 is 0 Å². The van der Waals surface area contributed by atoms with E-state index in [4.69, 9.17) is 10.7 Å². The third-order valence-electron chi connectivity index (χ3n) is 4.15. The molecule has 1 atom stereocenters. The molecule has 0 aliphatic carbocycles. The molecule has 0 amide bonds. The number of nitrogens with zero attached hydrogens (tertiary/aromatic N) is 2. The second-order valence-corrected chi connectivity index (χ2v) is 6.80. The van der Waals surface area contributed by atoms with E-state index in [0.717, 1.165) is 18.7 Å². The highest BCUT2D eigenvalue weighted by Crippen LogP contribution is 2.29. The van der Waals surface area contributed by atoms with E-state index in [0.29, 0.717) is 12.6 Å². The zero-order chi connectivity index (χ0) is 15.5. The van der Waals surface area contributed by atoms with Gasteiger partial charge in [-0.15, -0.1) is 0 Å². The van der Waals surface area contributed by atoms with Crippen molar-refractivity contribution in [1.82, 2.24) is 0 Å². The molecule has 0 saturated heterocycles. The van der Waals surface area contributed by atoms with Crippen LogP contribution >= 0.6 is 22.6 Å². The van der Waals surface area contributed by atoms with E-state index < -0.39 is 0 Å². The molecule has 1 heterocycles. The fraction of sp³-hybridized carbons (Fsp3) is 0.278. The topological polar surface area (TPSA) is 41.6 Å². The lowest BCUT2D eigenvalue weighted by molar-refractivity contribution is 0.600. The van der Waals surface area contributed by atoms with Gasteiger partial charge in [0.1, 0.15) is 0 Å². The summed E-state index contributed by atoms with van der Waals surface area (Å²) in [5, 5.41) is 0. The van der Waals surface area contributed by atoms with Gasteiger partial charge in [0, 0.05) is 33.5 Å². The summed E-state index contributed by atoms with van der Waals surface area (Å²) in [6, 6.07) is 17.4. The Morgan fingerprint density at radius 1 is 1.23 bits per heavy atom. The van der Waals surface area contributed by atoms with E-state index in [-0.39, 0.29) is 0 Å². The van der Waals surface area contributed by atoms with Gasteiger partial charge < -0.3 is 10.6 Å². The van der Waals surface area contributed by atoms with Crippen LogP contribution in [0.3, 0.4) is 0 Å².